The molecule has 10 heavy (non-hydrogen) atoms. The van der Waals surface area contributed by atoms with E-state index in [4.69, 9.17) is 21.8 Å². The van der Waals surface area contributed by atoms with E-state index < -0.39 is 9.75 Å². The molecule has 0 saturated heterocycles. The van der Waals surface area contributed by atoms with Gasteiger partial charge in [0.1, 0.15) is 0 Å². The van der Waals surface area contributed by atoms with Crippen molar-refractivity contribution in [2.75, 3.05) is 6.61 Å². The fraction of sp³-hybridized carbons (Fsp3) is 0.800. The first-order chi connectivity index (χ1) is 4.50. The molecule has 5 heteroatoms. The van der Waals surface area contributed by atoms with Crippen molar-refractivity contribution in [3.05, 3.63) is 0 Å². The van der Waals surface area contributed by atoms with E-state index in [1.807, 2.05) is 0 Å². The Morgan fingerprint density at radius 2 is 2.20 bits per heavy atom. The summed E-state index contributed by atoms with van der Waals surface area (Å²) >= 11 is 8.26. The molecule has 1 atom stereocenters. The van der Waals surface area contributed by atoms with Gasteiger partial charge in [0.2, 0.25) is 0 Å². The number of alkyl halides is 2. The fourth-order valence-electron chi connectivity index (χ4n) is 0.408. The molecule has 1 unspecified atom stereocenters. The van der Waals surface area contributed by atoms with Gasteiger partial charge < -0.3 is 10.2 Å². The van der Waals surface area contributed by atoms with Gasteiger partial charge in [0, 0.05) is 6.61 Å². The van der Waals surface area contributed by atoms with Crippen LogP contribution in [0.15, 0.2) is 0 Å². The Morgan fingerprint density at radius 1 is 1.70 bits per heavy atom. The summed E-state index contributed by atoms with van der Waals surface area (Å²) in [6.45, 7) is -0.0483. The molecule has 0 bridgehead atoms. The van der Waals surface area contributed by atoms with Crippen molar-refractivity contribution in [3.8, 4) is 0 Å². The van der Waals surface area contributed by atoms with Crippen molar-refractivity contribution in [2.45, 2.75) is 16.6 Å². The summed E-state index contributed by atoms with van der Waals surface area (Å²) in [6.07, 6.45) is 0.585. The third-order valence-corrected chi connectivity index (χ3v) is 2.05. The zero-order chi connectivity index (χ0) is 8.20. The maximum atomic E-state index is 10.3. The summed E-state index contributed by atoms with van der Waals surface area (Å²) in [4.78, 5) is 10.3. The molecule has 3 nitrogen and oxygen atoms in total. The summed E-state index contributed by atoms with van der Waals surface area (Å²) in [5, 5.41) is 16.7. The molecule has 0 saturated carbocycles. The molecular weight excluding hydrogens is 223 g/mol. The number of halogens is 2. The molecule has 0 aliphatic heterocycles. The molecule has 0 radical (unpaired) electrons. The lowest BCUT2D eigenvalue weighted by molar-refractivity contribution is -0.137. The van der Waals surface area contributed by atoms with Gasteiger partial charge in [-0.1, -0.05) is 27.5 Å². The number of carboxylic acids is 1. The van der Waals surface area contributed by atoms with E-state index in [0.717, 1.165) is 0 Å². The molecule has 0 spiro atoms. The lowest BCUT2D eigenvalue weighted by Crippen LogP contribution is -2.24. The van der Waals surface area contributed by atoms with Gasteiger partial charge in [0.05, 0.1) is 0 Å². The molecule has 60 valence electrons. The second-order valence-corrected chi connectivity index (χ2v) is 4.29. The van der Waals surface area contributed by atoms with Gasteiger partial charge in [-0.25, -0.2) is 4.79 Å². The van der Waals surface area contributed by atoms with Gasteiger partial charge in [0.25, 0.3) is 0 Å². The molecular formula is C5H8BrClO3. The number of hydrogen-bond acceptors (Lipinski definition) is 2. The molecule has 2 N–H and O–H groups in total. The van der Waals surface area contributed by atoms with Gasteiger partial charge in [-0.3, -0.25) is 0 Å². The topological polar surface area (TPSA) is 57.5 Å². The minimum atomic E-state index is -1.41. The summed E-state index contributed by atoms with van der Waals surface area (Å²) in [5.41, 5.74) is 0. The fourth-order valence-corrected chi connectivity index (χ4v) is 0.822. The third-order valence-electron chi connectivity index (χ3n) is 0.962. The van der Waals surface area contributed by atoms with Gasteiger partial charge >= 0.3 is 5.97 Å². The van der Waals surface area contributed by atoms with E-state index in [9.17, 15) is 4.79 Å². The number of aliphatic hydroxyl groups excluding tert-OH is 1. The van der Waals surface area contributed by atoms with Crippen molar-refractivity contribution in [2.24, 2.45) is 0 Å². The zero-order valence-corrected chi connectivity index (χ0v) is 7.52. The minimum absolute atomic E-state index is 0.0483. The molecule has 0 aliphatic rings. The Balaban J connectivity index is 3.75. The van der Waals surface area contributed by atoms with Crippen LogP contribution in [-0.4, -0.2) is 26.6 Å². The smallest absolute Gasteiger partial charge is 0.335 e. The Bertz CT molecular complexity index is 126. The van der Waals surface area contributed by atoms with Crippen molar-refractivity contribution in [3.63, 3.8) is 0 Å². The molecule has 0 aromatic rings. The van der Waals surface area contributed by atoms with E-state index in [1.54, 1.807) is 0 Å². The van der Waals surface area contributed by atoms with Crippen LogP contribution in [0.4, 0.5) is 0 Å². The van der Waals surface area contributed by atoms with Crippen LogP contribution >= 0.6 is 27.5 Å². The van der Waals surface area contributed by atoms with Crippen LogP contribution in [0.1, 0.15) is 12.8 Å². The predicted octanol–water partition coefficient (Wildman–Crippen LogP) is 1.17. The summed E-state index contributed by atoms with van der Waals surface area (Å²) in [7, 11) is 0. The van der Waals surface area contributed by atoms with Crippen LogP contribution in [0.5, 0.6) is 0 Å². The lowest BCUT2D eigenvalue weighted by atomic mass is 10.2. The van der Waals surface area contributed by atoms with Crippen molar-refractivity contribution < 1.29 is 15.0 Å². The van der Waals surface area contributed by atoms with Crippen LogP contribution in [0.25, 0.3) is 0 Å². The monoisotopic (exact) mass is 230 g/mol. The van der Waals surface area contributed by atoms with E-state index in [1.165, 1.54) is 0 Å². The van der Waals surface area contributed by atoms with Crippen LogP contribution in [-0.2, 0) is 4.79 Å². The van der Waals surface area contributed by atoms with Crippen LogP contribution < -0.4 is 0 Å². The highest BCUT2D eigenvalue weighted by Crippen LogP contribution is 2.28. The number of aliphatic hydroxyl groups is 1. The molecule has 0 rings (SSSR count). The summed E-state index contributed by atoms with van der Waals surface area (Å²) in [6, 6.07) is 0. The highest BCUT2D eigenvalue weighted by Gasteiger charge is 2.31. The summed E-state index contributed by atoms with van der Waals surface area (Å²) < 4.78 is -1.41. The van der Waals surface area contributed by atoms with Gasteiger partial charge in [0.15, 0.2) is 3.78 Å². The maximum absolute atomic E-state index is 10.3. The average Bonchev–Trinajstić information content (AvgIpc) is 1.84. The van der Waals surface area contributed by atoms with Crippen LogP contribution in [0, 0.1) is 0 Å². The number of carbonyl (C=O) groups is 1. The van der Waals surface area contributed by atoms with Crippen LogP contribution in [0.3, 0.4) is 0 Å². The number of carboxylic acid groups (broad SMARTS) is 1. The lowest BCUT2D eigenvalue weighted by Gasteiger charge is -2.12. The number of rotatable bonds is 4. The first-order valence-electron chi connectivity index (χ1n) is 2.73. The maximum Gasteiger partial charge on any atom is 0.335 e. The predicted molar refractivity (Wildman–Crippen MR) is 41.5 cm³/mol. The van der Waals surface area contributed by atoms with Crippen molar-refractivity contribution in [1.82, 2.24) is 0 Å². The molecule has 0 aromatic carbocycles. The van der Waals surface area contributed by atoms with Crippen molar-refractivity contribution >= 4 is 33.5 Å². The number of hydrogen-bond donors (Lipinski definition) is 2. The second-order valence-electron chi connectivity index (χ2n) is 1.84. The Kier molecular flexibility index (Phi) is 4.24. The largest absolute Gasteiger partial charge is 0.479 e. The summed E-state index contributed by atoms with van der Waals surface area (Å²) in [5.74, 6) is -1.12. The first-order valence-corrected chi connectivity index (χ1v) is 3.90. The van der Waals surface area contributed by atoms with E-state index in [2.05, 4.69) is 15.9 Å². The minimum Gasteiger partial charge on any atom is -0.479 e. The average molecular weight is 231 g/mol. The highest BCUT2D eigenvalue weighted by molar-refractivity contribution is 9.10. The van der Waals surface area contributed by atoms with Crippen LogP contribution in [0.2, 0.25) is 0 Å². The SMILES string of the molecule is O=C(O)C(Cl)(Br)CCCO. The molecule has 0 aliphatic carbocycles. The van der Waals surface area contributed by atoms with Gasteiger partial charge in [-0.15, -0.1) is 0 Å². The molecule has 0 fully saturated rings. The van der Waals surface area contributed by atoms with Crippen molar-refractivity contribution in [1.29, 1.82) is 0 Å². The van der Waals surface area contributed by atoms with E-state index >= 15 is 0 Å². The van der Waals surface area contributed by atoms with E-state index in [-0.39, 0.29) is 13.0 Å². The Morgan fingerprint density at radius 3 is 2.50 bits per heavy atom. The van der Waals surface area contributed by atoms with E-state index in [0.29, 0.717) is 6.42 Å². The third kappa shape index (κ3) is 3.39. The molecule has 0 heterocycles. The number of aliphatic carboxylic acids is 1. The quantitative estimate of drug-likeness (QED) is 0.714. The standard InChI is InChI=1S/C5H8BrClO3/c6-5(7,4(9)10)2-1-3-8/h8H,1-3H2,(H,9,10). The normalized spacial score (nSPS) is 16.3. The highest BCUT2D eigenvalue weighted by atomic mass is 79.9. The Labute approximate surface area is 72.1 Å². The Hall–Kier alpha value is 0.200. The first kappa shape index (κ1) is 10.2. The van der Waals surface area contributed by atoms with Gasteiger partial charge in [-0.2, -0.15) is 0 Å². The zero-order valence-electron chi connectivity index (χ0n) is 5.18. The van der Waals surface area contributed by atoms with Gasteiger partial charge in [-0.05, 0) is 12.8 Å². The molecule has 0 amide bonds. The molecule has 0 aromatic heterocycles. The second kappa shape index (κ2) is 4.16.